The molecule has 1 saturated carbocycles. The van der Waals surface area contributed by atoms with Crippen LogP contribution in [-0.4, -0.2) is 35.2 Å². The Hall–Kier alpha value is -0.230. The topological polar surface area (TPSA) is 23.5 Å². The van der Waals surface area contributed by atoms with Crippen LogP contribution in [0.25, 0.3) is 0 Å². The summed E-state index contributed by atoms with van der Waals surface area (Å²) in [6, 6.07) is 0. The Labute approximate surface area is 105 Å². The van der Waals surface area contributed by atoms with Gasteiger partial charge in [-0.3, -0.25) is 4.90 Å². The molecule has 16 heavy (non-hydrogen) atoms. The smallest absolute Gasteiger partial charge is 0.125 e. The van der Waals surface area contributed by atoms with Crippen LogP contribution >= 0.6 is 12.4 Å². The van der Waals surface area contributed by atoms with E-state index < -0.39 is 5.60 Å². The predicted octanol–water partition coefficient (Wildman–Crippen LogP) is 2.20. The van der Waals surface area contributed by atoms with Crippen LogP contribution in [0, 0.1) is 11.8 Å². The summed E-state index contributed by atoms with van der Waals surface area (Å²) in [5.74, 6) is 6.25. The van der Waals surface area contributed by atoms with Crippen LogP contribution in [-0.2, 0) is 0 Å². The molecule has 3 heteroatoms. The molecule has 0 amide bonds. The van der Waals surface area contributed by atoms with Gasteiger partial charge in [0.25, 0.3) is 0 Å². The summed E-state index contributed by atoms with van der Waals surface area (Å²) < 4.78 is 0. The van der Waals surface area contributed by atoms with Crippen molar-refractivity contribution in [3.63, 3.8) is 0 Å². The molecule has 2 aliphatic rings. The lowest BCUT2D eigenvalue weighted by atomic mass is 9.85. The summed E-state index contributed by atoms with van der Waals surface area (Å²) in [6.45, 7) is 3.22. The number of halogens is 1. The van der Waals surface area contributed by atoms with E-state index in [0.29, 0.717) is 0 Å². The molecule has 0 radical (unpaired) electrons. The maximum absolute atomic E-state index is 10.2. The van der Waals surface area contributed by atoms with Gasteiger partial charge in [0.15, 0.2) is 0 Å². The summed E-state index contributed by atoms with van der Waals surface area (Å²) in [6.07, 6.45) is 7.90. The standard InChI is InChI=1S/C13H21NO.ClH/c15-13(7-2-1-3-8-13)9-6-12-14-10-4-5-11-14;/h15H,1-5,7-8,10-12H2;1H. The van der Waals surface area contributed by atoms with Crippen LogP contribution in [0.15, 0.2) is 0 Å². The molecule has 2 fully saturated rings. The second kappa shape index (κ2) is 6.49. The molecule has 0 atom stereocenters. The molecule has 1 saturated heterocycles. The van der Waals surface area contributed by atoms with Crippen molar-refractivity contribution in [2.75, 3.05) is 19.6 Å². The Morgan fingerprint density at radius 1 is 1.00 bits per heavy atom. The maximum atomic E-state index is 10.2. The Kier molecular flexibility index (Phi) is 5.61. The fraction of sp³-hybridized carbons (Fsp3) is 0.846. The van der Waals surface area contributed by atoms with Crippen molar-refractivity contribution in [3.8, 4) is 11.8 Å². The third kappa shape index (κ3) is 3.97. The van der Waals surface area contributed by atoms with Crippen molar-refractivity contribution in [1.82, 2.24) is 4.90 Å². The zero-order chi connectivity index (χ0) is 10.6. The van der Waals surface area contributed by atoms with Crippen LogP contribution < -0.4 is 0 Å². The first kappa shape index (κ1) is 13.8. The van der Waals surface area contributed by atoms with Gasteiger partial charge in [-0.15, -0.1) is 12.4 Å². The Morgan fingerprint density at radius 3 is 2.25 bits per heavy atom. The molecule has 0 aromatic heterocycles. The van der Waals surface area contributed by atoms with E-state index in [9.17, 15) is 5.11 Å². The third-order valence-corrected chi connectivity index (χ3v) is 3.50. The second-order valence-corrected chi connectivity index (χ2v) is 4.88. The first-order chi connectivity index (χ1) is 7.29. The molecule has 92 valence electrons. The van der Waals surface area contributed by atoms with Gasteiger partial charge in [0.1, 0.15) is 5.60 Å². The quantitative estimate of drug-likeness (QED) is 0.714. The van der Waals surface area contributed by atoms with E-state index in [1.54, 1.807) is 0 Å². The number of likely N-dealkylation sites (tertiary alicyclic amines) is 1. The second-order valence-electron chi connectivity index (χ2n) is 4.88. The summed E-state index contributed by atoms with van der Waals surface area (Å²) in [4.78, 5) is 2.37. The van der Waals surface area contributed by atoms with Gasteiger partial charge in [0, 0.05) is 0 Å². The highest BCUT2D eigenvalue weighted by Crippen LogP contribution is 2.27. The zero-order valence-electron chi connectivity index (χ0n) is 9.87. The van der Waals surface area contributed by atoms with Crippen molar-refractivity contribution in [2.45, 2.75) is 50.5 Å². The van der Waals surface area contributed by atoms with E-state index in [4.69, 9.17) is 0 Å². The van der Waals surface area contributed by atoms with Gasteiger partial charge in [-0.1, -0.05) is 18.3 Å². The predicted molar refractivity (Wildman–Crippen MR) is 68.7 cm³/mol. The molecule has 2 rings (SSSR count). The Morgan fingerprint density at radius 2 is 1.62 bits per heavy atom. The van der Waals surface area contributed by atoms with Crippen molar-refractivity contribution in [3.05, 3.63) is 0 Å². The van der Waals surface area contributed by atoms with Crippen LogP contribution in [0.3, 0.4) is 0 Å². The lowest BCUT2D eigenvalue weighted by Gasteiger charge is -2.26. The van der Waals surface area contributed by atoms with E-state index >= 15 is 0 Å². The van der Waals surface area contributed by atoms with Crippen LogP contribution in [0.4, 0.5) is 0 Å². The number of hydrogen-bond donors (Lipinski definition) is 1. The number of rotatable bonds is 1. The lowest BCUT2D eigenvalue weighted by Crippen LogP contribution is -2.29. The van der Waals surface area contributed by atoms with E-state index in [1.165, 1.54) is 32.4 Å². The lowest BCUT2D eigenvalue weighted by molar-refractivity contribution is 0.0608. The minimum atomic E-state index is -0.655. The van der Waals surface area contributed by atoms with E-state index in [0.717, 1.165) is 32.2 Å². The van der Waals surface area contributed by atoms with Gasteiger partial charge in [-0.05, 0) is 51.6 Å². The molecule has 1 heterocycles. The number of aliphatic hydroxyl groups is 1. The first-order valence-corrected chi connectivity index (χ1v) is 6.23. The molecule has 0 spiro atoms. The Bertz CT molecular complexity index is 257. The minimum absolute atomic E-state index is 0. The average Bonchev–Trinajstić information content (AvgIpc) is 2.71. The molecule has 1 N–H and O–H groups in total. The normalized spacial score (nSPS) is 24.3. The van der Waals surface area contributed by atoms with Gasteiger partial charge in [0.2, 0.25) is 0 Å². The molecular formula is C13H22ClNO. The monoisotopic (exact) mass is 243 g/mol. The van der Waals surface area contributed by atoms with E-state index in [-0.39, 0.29) is 12.4 Å². The van der Waals surface area contributed by atoms with Gasteiger partial charge < -0.3 is 5.11 Å². The highest BCUT2D eigenvalue weighted by atomic mass is 35.5. The van der Waals surface area contributed by atoms with Gasteiger partial charge in [0.05, 0.1) is 6.54 Å². The Balaban J connectivity index is 0.00000128. The number of hydrogen-bond acceptors (Lipinski definition) is 2. The highest BCUT2D eigenvalue weighted by Gasteiger charge is 2.26. The van der Waals surface area contributed by atoms with Gasteiger partial charge in [-0.25, -0.2) is 0 Å². The van der Waals surface area contributed by atoms with Crippen molar-refractivity contribution in [1.29, 1.82) is 0 Å². The van der Waals surface area contributed by atoms with Crippen molar-refractivity contribution < 1.29 is 5.11 Å². The van der Waals surface area contributed by atoms with E-state index in [2.05, 4.69) is 16.7 Å². The van der Waals surface area contributed by atoms with Crippen molar-refractivity contribution in [2.24, 2.45) is 0 Å². The molecule has 0 unspecified atom stereocenters. The van der Waals surface area contributed by atoms with Crippen LogP contribution in [0.1, 0.15) is 44.9 Å². The summed E-state index contributed by atoms with van der Waals surface area (Å²) >= 11 is 0. The fourth-order valence-corrected chi connectivity index (χ4v) is 2.52. The van der Waals surface area contributed by atoms with Gasteiger partial charge in [-0.2, -0.15) is 0 Å². The molecule has 0 aromatic carbocycles. The van der Waals surface area contributed by atoms with E-state index in [1.807, 2.05) is 0 Å². The largest absolute Gasteiger partial charge is 0.378 e. The van der Waals surface area contributed by atoms with Crippen molar-refractivity contribution >= 4 is 12.4 Å². The van der Waals surface area contributed by atoms with Gasteiger partial charge >= 0.3 is 0 Å². The van der Waals surface area contributed by atoms with Crippen LogP contribution in [0.5, 0.6) is 0 Å². The van der Waals surface area contributed by atoms with Crippen LogP contribution in [0.2, 0.25) is 0 Å². The first-order valence-electron chi connectivity index (χ1n) is 6.23. The summed E-state index contributed by atoms with van der Waals surface area (Å²) in [7, 11) is 0. The molecule has 0 bridgehead atoms. The SMILES string of the molecule is Cl.OC1(C#CCN2CCCC2)CCCCC1. The molecule has 1 aliphatic carbocycles. The summed E-state index contributed by atoms with van der Waals surface area (Å²) in [5, 5.41) is 10.2. The average molecular weight is 244 g/mol. The minimum Gasteiger partial charge on any atom is -0.378 e. The zero-order valence-corrected chi connectivity index (χ0v) is 10.7. The fourth-order valence-electron chi connectivity index (χ4n) is 2.52. The number of nitrogens with zero attached hydrogens (tertiary/aromatic N) is 1. The summed E-state index contributed by atoms with van der Waals surface area (Å²) in [5.41, 5.74) is -0.655. The molecular weight excluding hydrogens is 222 g/mol. The molecule has 2 nitrogen and oxygen atoms in total. The highest BCUT2D eigenvalue weighted by molar-refractivity contribution is 5.85. The maximum Gasteiger partial charge on any atom is 0.125 e. The molecule has 0 aromatic rings. The molecule has 1 aliphatic heterocycles. The third-order valence-electron chi connectivity index (χ3n) is 3.50.